The van der Waals surface area contributed by atoms with Gasteiger partial charge in [-0.05, 0) is 44.5 Å². The Kier molecular flexibility index (Phi) is 9.70. The van der Waals surface area contributed by atoms with Crippen LogP contribution in [0.3, 0.4) is 0 Å². The van der Waals surface area contributed by atoms with E-state index in [-0.39, 0.29) is 0 Å². The predicted octanol–water partition coefficient (Wildman–Crippen LogP) is 11.5. The van der Waals surface area contributed by atoms with Gasteiger partial charge in [-0.1, -0.05) is 201 Å². The fourth-order valence-electron chi connectivity index (χ4n) is 10.4. The molecule has 8 bridgehead atoms. The molecule has 340 valence electrons. The summed E-state index contributed by atoms with van der Waals surface area (Å²) in [5.74, 6) is -0.511. The number of nitrogens with zero attached hydrogens (tertiary/aromatic N) is 6. The van der Waals surface area contributed by atoms with Crippen LogP contribution in [0.4, 0.5) is 0 Å². The van der Waals surface area contributed by atoms with Crippen molar-refractivity contribution in [3.63, 3.8) is 0 Å². The Balaban J connectivity index is 1.38. The Morgan fingerprint density at radius 3 is 1.43 bits per heavy atom. The number of aromatic nitrogens is 1. The first-order valence-corrected chi connectivity index (χ1v) is 23.4. The zero-order valence-corrected chi connectivity index (χ0v) is 40.4. The van der Waals surface area contributed by atoms with Crippen LogP contribution < -0.4 is 16.3 Å². The van der Waals surface area contributed by atoms with Crippen LogP contribution >= 0.6 is 0 Å². The number of rotatable bonds is 6. The molecule has 5 heterocycles. The molecule has 1 saturated heterocycles. The van der Waals surface area contributed by atoms with Gasteiger partial charge in [0, 0.05) is 57.8 Å². The van der Waals surface area contributed by atoms with E-state index in [9.17, 15) is 0 Å². The average Bonchev–Trinajstić information content (AvgIpc) is 3.96. The summed E-state index contributed by atoms with van der Waals surface area (Å²) in [7, 11) is 3.38. The topological polar surface area (TPSA) is 120 Å². The largest absolute Gasteiger partial charge is 0.338 e. The van der Waals surface area contributed by atoms with Gasteiger partial charge in [-0.2, -0.15) is 0 Å². The molecule has 2 N–H and O–H groups in total. The number of hydrogen-bond donors (Lipinski definition) is 2. The molecular weight excluding hydrogens is 841 g/mol. The van der Waals surface area contributed by atoms with Crippen LogP contribution in [-0.4, -0.2) is 48.4 Å². The lowest BCUT2D eigenvalue weighted by atomic mass is 9.66. The van der Waals surface area contributed by atoms with Crippen LogP contribution in [0, 0.1) is 21.7 Å². The molecule has 10 heteroatoms. The summed E-state index contributed by atoms with van der Waals surface area (Å²) in [6, 6.07) is 50.4. The van der Waals surface area contributed by atoms with Gasteiger partial charge in [0.25, 0.3) is 11.7 Å². The third-order valence-electron chi connectivity index (χ3n) is 16.0. The Hall–Kier alpha value is -7.14. The fourth-order valence-corrected chi connectivity index (χ4v) is 10.4. The number of ether oxygens (including phenoxy) is 2. The third-order valence-corrected chi connectivity index (χ3v) is 16.0. The number of hydrogen-bond acceptors (Lipinski definition) is 9. The minimum atomic E-state index is -1.64. The number of aliphatic imine (C=N–C) groups is 4. The molecule has 1 fully saturated rings. The maximum absolute atomic E-state index is 6.88. The summed E-state index contributed by atoms with van der Waals surface area (Å²) in [6.07, 6.45) is 0. The van der Waals surface area contributed by atoms with Crippen LogP contribution in [0.5, 0.6) is 0 Å². The van der Waals surface area contributed by atoms with Gasteiger partial charge >= 0.3 is 0 Å². The number of nitrogens with one attached hydrogen (secondary N) is 2. The zero-order chi connectivity index (χ0) is 47.4. The number of aromatic amines is 1. The molecule has 0 amide bonds. The lowest BCUT2D eigenvalue weighted by molar-refractivity contribution is -0.105. The maximum atomic E-state index is 6.88. The Morgan fingerprint density at radius 1 is 0.426 bits per heavy atom. The number of H-pyrrole nitrogens is 1. The molecule has 0 saturated carbocycles. The van der Waals surface area contributed by atoms with E-state index in [1.54, 1.807) is 14.2 Å². The Labute approximate surface area is 397 Å². The third kappa shape index (κ3) is 6.09. The minimum Gasteiger partial charge on any atom is -0.338 e. The van der Waals surface area contributed by atoms with Crippen molar-refractivity contribution in [2.75, 3.05) is 14.2 Å². The first-order chi connectivity index (χ1) is 32.6. The highest BCUT2D eigenvalue weighted by molar-refractivity contribution is 6.21. The van der Waals surface area contributed by atoms with E-state index in [1.807, 2.05) is 24.3 Å². The monoisotopic (exact) mass is 896 g/mol. The highest BCUT2D eigenvalue weighted by atomic mass is 16.5. The summed E-state index contributed by atoms with van der Waals surface area (Å²) in [4.78, 5) is 37.6. The standard InChI is InChI=1S/C58H56N8O2/c1-53(2)50-61-49-45-41(37-27-19-13-20-28-37)33-34-42(38-29-21-14-22-30-38)46(45)57(64-49,67-9)63-48-44-40(36-25-17-12-18-26-36)32-31-39(35-23-15-11-16-24-35)43(44)47(59-48)60-52-55(5,6)56(7,8)58(66-52,68-10)65-51(62-50)54(53,3)4/h11-34H,1-10H3,(H,59,60,63,66)(H,61,62,64,65)/t57-,58-/m1/s1. The number of fused-ring (bicyclic) bond motifs is 12. The van der Waals surface area contributed by atoms with E-state index < -0.39 is 33.4 Å². The summed E-state index contributed by atoms with van der Waals surface area (Å²) in [5.41, 5.74) is 8.19. The van der Waals surface area contributed by atoms with Gasteiger partial charge in [0.15, 0.2) is 5.84 Å². The van der Waals surface area contributed by atoms with Crippen molar-refractivity contribution in [1.29, 1.82) is 0 Å². The van der Waals surface area contributed by atoms with E-state index in [0.717, 1.165) is 66.4 Å². The van der Waals surface area contributed by atoms with Gasteiger partial charge in [0.1, 0.15) is 28.5 Å². The van der Waals surface area contributed by atoms with Crippen LogP contribution in [0.1, 0.15) is 66.5 Å². The maximum Gasteiger partial charge on any atom is 0.289 e. The van der Waals surface area contributed by atoms with Gasteiger partial charge in [0.05, 0.1) is 0 Å². The van der Waals surface area contributed by atoms with Crippen LogP contribution in [0.25, 0.3) is 55.3 Å². The molecule has 6 aromatic carbocycles. The molecule has 7 aromatic rings. The fraction of sp³-hybridized carbons (Fsp3) is 0.276. The summed E-state index contributed by atoms with van der Waals surface area (Å²) in [5, 5.41) is 5.50. The molecule has 0 unspecified atom stereocenters. The molecule has 0 radical (unpaired) electrons. The van der Waals surface area contributed by atoms with Gasteiger partial charge in [0.2, 0.25) is 0 Å². The molecule has 68 heavy (non-hydrogen) atoms. The number of amidine groups is 4. The highest BCUT2D eigenvalue weighted by Gasteiger charge is 2.64. The molecule has 0 aliphatic carbocycles. The first kappa shape index (κ1) is 43.4. The van der Waals surface area contributed by atoms with Gasteiger partial charge in [-0.25, -0.2) is 30.0 Å². The van der Waals surface area contributed by atoms with E-state index in [0.29, 0.717) is 34.3 Å². The second-order valence-corrected chi connectivity index (χ2v) is 20.4. The molecule has 1 aromatic heterocycles. The van der Waals surface area contributed by atoms with Gasteiger partial charge in [-0.3, -0.25) is 0 Å². The van der Waals surface area contributed by atoms with Crippen molar-refractivity contribution >= 4 is 34.1 Å². The van der Waals surface area contributed by atoms with E-state index in [2.05, 4.69) is 187 Å². The van der Waals surface area contributed by atoms with Crippen LogP contribution in [-0.2, 0) is 15.3 Å². The second kappa shape index (κ2) is 15.2. The molecular formula is C58H56N8O2. The molecule has 0 spiro atoms. The first-order valence-electron chi connectivity index (χ1n) is 23.4. The molecule has 4 aliphatic rings. The summed E-state index contributed by atoms with van der Waals surface area (Å²) >= 11 is 0. The number of benzene rings is 6. The molecule has 2 atom stereocenters. The van der Waals surface area contributed by atoms with Crippen LogP contribution in [0.15, 0.2) is 176 Å². The minimum absolute atomic E-state index is 0.486. The average molecular weight is 897 g/mol. The Bertz CT molecular complexity index is 3440. The van der Waals surface area contributed by atoms with Crippen molar-refractivity contribution in [2.24, 2.45) is 51.6 Å². The zero-order valence-electron chi connectivity index (χ0n) is 40.4. The highest BCUT2D eigenvalue weighted by Crippen LogP contribution is 2.57. The lowest BCUT2D eigenvalue weighted by Crippen LogP contribution is -2.50. The van der Waals surface area contributed by atoms with Crippen molar-refractivity contribution in [3.05, 3.63) is 168 Å². The van der Waals surface area contributed by atoms with Gasteiger partial charge < -0.3 is 19.8 Å². The lowest BCUT2D eigenvalue weighted by Gasteiger charge is -2.43. The Morgan fingerprint density at radius 2 is 0.897 bits per heavy atom. The second-order valence-electron chi connectivity index (χ2n) is 20.4. The summed E-state index contributed by atoms with van der Waals surface area (Å²) < 4.78 is 13.5. The molecule has 11 rings (SSSR count). The van der Waals surface area contributed by atoms with Crippen molar-refractivity contribution in [1.82, 2.24) is 10.3 Å². The normalized spacial score (nSPS) is 23.8. The summed E-state index contributed by atoms with van der Waals surface area (Å²) in [6.45, 7) is 17.5. The molecule has 4 aliphatic heterocycles. The van der Waals surface area contributed by atoms with Crippen molar-refractivity contribution < 1.29 is 9.47 Å². The number of methoxy groups -OCH3 is 2. The predicted molar refractivity (Wildman–Crippen MR) is 274 cm³/mol. The van der Waals surface area contributed by atoms with Crippen molar-refractivity contribution in [2.45, 2.75) is 67.1 Å². The van der Waals surface area contributed by atoms with Crippen LogP contribution in [0.2, 0.25) is 0 Å². The molecule has 10 nitrogen and oxygen atoms in total. The van der Waals surface area contributed by atoms with Crippen molar-refractivity contribution in [3.8, 4) is 44.5 Å². The van der Waals surface area contributed by atoms with E-state index >= 15 is 0 Å². The van der Waals surface area contributed by atoms with Gasteiger partial charge in [-0.15, -0.1) is 0 Å². The van der Waals surface area contributed by atoms with E-state index in [1.165, 1.54) is 0 Å². The SMILES string of the molecule is CO[C@@]12N=C(N=C3N/C(=N/[C@@]4(OC)N=C(N=c5[nH]/c(c6c(-c7ccccc7)ccc(-c7ccccc7)c56)=N/1)C(C)(C)C4(C)C)C(C)(C)C3(C)C)c1c(-c3ccccc3)ccc(-c3ccccc3)c12. The van der Waals surface area contributed by atoms with E-state index in [4.69, 9.17) is 39.4 Å². The quantitative estimate of drug-likeness (QED) is 0.173. The smallest absolute Gasteiger partial charge is 0.289 e.